The Morgan fingerprint density at radius 1 is 1.13 bits per heavy atom. The third-order valence-corrected chi connectivity index (χ3v) is 5.09. The van der Waals surface area contributed by atoms with Gasteiger partial charge in [-0.15, -0.1) is 0 Å². The molecule has 1 aliphatic rings. The van der Waals surface area contributed by atoms with E-state index in [2.05, 4.69) is 10.6 Å². The maximum absolute atomic E-state index is 12.9. The first-order chi connectivity index (χ1) is 13.9. The highest BCUT2D eigenvalue weighted by Gasteiger charge is 2.50. The Morgan fingerprint density at radius 2 is 1.77 bits per heavy atom. The van der Waals surface area contributed by atoms with Gasteiger partial charge < -0.3 is 10.6 Å². The Labute approximate surface area is 178 Å². The fourth-order valence-electron chi connectivity index (χ4n) is 3.00. The van der Waals surface area contributed by atoms with Crippen molar-refractivity contribution in [2.24, 2.45) is 0 Å². The monoisotopic (exact) mass is 459 g/mol. The van der Waals surface area contributed by atoms with E-state index in [4.69, 9.17) is 23.2 Å². The number of imide groups is 1. The summed E-state index contributed by atoms with van der Waals surface area (Å²) in [6.07, 6.45) is -4.50. The first kappa shape index (κ1) is 21.9. The second-order valence-electron chi connectivity index (χ2n) is 6.69. The van der Waals surface area contributed by atoms with Gasteiger partial charge in [-0.05, 0) is 43.3 Å². The lowest BCUT2D eigenvalue weighted by atomic mass is 9.92. The molecule has 1 heterocycles. The summed E-state index contributed by atoms with van der Waals surface area (Å²) < 4.78 is 37.8. The SMILES string of the molecule is CC1(c2ccc(Cl)cc2Cl)NC(=O)N(CC(=O)Nc2ccc(C(F)(F)F)cc2)C1=O. The molecule has 2 N–H and O–H groups in total. The summed E-state index contributed by atoms with van der Waals surface area (Å²) in [6.45, 7) is 0.808. The van der Waals surface area contributed by atoms with Crippen molar-refractivity contribution in [1.82, 2.24) is 10.2 Å². The third kappa shape index (κ3) is 4.22. The largest absolute Gasteiger partial charge is 0.416 e. The summed E-state index contributed by atoms with van der Waals surface area (Å²) >= 11 is 12.0. The van der Waals surface area contributed by atoms with E-state index in [0.29, 0.717) is 15.5 Å². The number of amides is 4. The minimum Gasteiger partial charge on any atom is -0.325 e. The molecule has 4 amide bonds. The van der Waals surface area contributed by atoms with Crippen LogP contribution in [0.2, 0.25) is 10.0 Å². The molecule has 0 bridgehead atoms. The van der Waals surface area contributed by atoms with Gasteiger partial charge in [0.25, 0.3) is 5.91 Å². The smallest absolute Gasteiger partial charge is 0.325 e. The standard InChI is InChI=1S/C19H14Cl2F3N3O3/c1-18(13-7-4-11(20)8-14(13)21)16(29)27(17(30)26-18)9-15(28)25-12-5-2-10(3-6-12)19(22,23)24/h2-8H,9H2,1H3,(H,25,28)(H,26,30). The Balaban J connectivity index is 1.73. The zero-order chi connectivity index (χ0) is 22.3. The highest BCUT2D eigenvalue weighted by molar-refractivity contribution is 6.35. The van der Waals surface area contributed by atoms with E-state index < -0.39 is 41.7 Å². The Morgan fingerprint density at radius 3 is 2.33 bits per heavy atom. The predicted octanol–water partition coefficient (Wildman–Crippen LogP) is 4.42. The van der Waals surface area contributed by atoms with Gasteiger partial charge in [0.05, 0.1) is 5.56 Å². The van der Waals surface area contributed by atoms with Crippen LogP contribution in [0.4, 0.5) is 23.7 Å². The van der Waals surface area contributed by atoms with E-state index in [9.17, 15) is 27.6 Å². The molecule has 30 heavy (non-hydrogen) atoms. The molecule has 2 aromatic rings. The Kier molecular flexibility index (Phi) is 5.70. The van der Waals surface area contributed by atoms with E-state index in [-0.39, 0.29) is 10.7 Å². The zero-order valence-corrected chi connectivity index (χ0v) is 16.8. The fraction of sp³-hybridized carbons (Fsp3) is 0.211. The molecule has 1 saturated heterocycles. The summed E-state index contributed by atoms with van der Waals surface area (Å²) in [6, 6.07) is 7.38. The molecular formula is C19H14Cl2F3N3O3. The van der Waals surface area contributed by atoms with Gasteiger partial charge in [0, 0.05) is 21.3 Å². The van der Waals surface area contributed by atoms with Crippen molar-refractivity contribution in [3.63, 3.8) is 0 Å². The number of rotatable bonds is 4. The number of hydrogen-bond acceptors (Lipinski definition) is 3. The number of benzene rings is 2. The maximum Gasteiger partial charge on any atom is 0.416 e. The van der Waals surface area contributed by atoms with Crippen molar-refractivity contribution in [3.05, 3.63) is 63.6 Å². The average molecular weight is 460 g/mol. The van der Waals surface area contributed by atoms with E-state index >= 15 is 0 Å². The first-order valence-electron chi connectivity index (χ1n) is 8.48. The van der Waals surface area contributed by atoms with Crippen molar-refractivity contribution < 1.29 is 27.6 Å². The van der Waals surface area contributed by atoms with Gasteiger partial charge in [0.1, 0.15) is 12.1 Å². The molecule has 0 radical (unpaired) electrons. The molecule has 0 spiro atoms. The number of hydrogen-bond donors (Lipinski definition) is 2. The summed E-state index contributed by atoms with van der Waals surface area (Å²) in [5, 5.41) is 5.36. The number of nitrogens with zero attached hydrogens (tertiary/aromatic N) is 1. The molecular weight excluding hydrogens is 446 g/mol. The molecule has 0 aromatic heterocycles. The average Bonchev–Trinajstić information content (AvgIpc) is 2.85. The van der Waals surface area contributed by atoms with E-state index in [1.165, 1.54) is 25.1 Å². The molecule has 1 fully saturated rings. The number of carbonyl (C=O) groups excluding carboxylic acids is 3. The number of halogens is 5. The molecule has 1 atom stereocenters. The molecule has 3 rings (SSSR count). The molecule has 0 aliphatic carbocycles. The van der Waals surface area contributed by atoms with Gasteiger partial charge in [-0.25, -0.2) is 4.79 Å². The Bertz CT molecular complexity index is 1030. The second-order valence-corrected chi connectivity index (χ2v) is 7.54. The number of urea groups is 1. The molecule has 1 aliphatic heterocycles. The third-order valence-electron chi connectivity index (χ3n) is 4.54. The summed E-state index contributed by atoms with van der Waals surface area (Å²) in [5.41, 5.74) is -1.99. The Hall–Kier alpha value is -2.78. The topological polar surface area (TPSA) is 78.5 Å². The summed E-state index contributed by atoms with van der Waals surface area (Å²) in [5.74, 6) is -1.47. The number of anilines is 1. The zero-order valence-electron chi connectivity index (χ0n) is 15.3. The molecule has 11 heteroatoms. The van der Waals surface area contributed by atoms with Crippen LogP contribution in [0.1, 0.15) is 18.1 Å². The first-order valence-corrected chi connectivity index (χ1v) is 9.24. The van der Waals surface area contributed by atoms with Gasteiger partial charge in [0.15, 0.2) is 0 Å². The number of carbonyl (C=O) groups is 3. The van der Waals surface area contributed by atoms with Gasteiger partial charge in [-0.2, -0.15) is 13.2 Å². The van der Waals surface area contributed by atoms with Crippen LogP contribution in [0.15, 0.2) is 42.5 Å². The van der Waals surface area contributed by atoms with Crippen molar-refractivity contribution in [1.29, 1.82) is 0 Å². The van der Waals surface area contributed by atoms with E-state index in [0.717, 1.165) is 24.3 Å². The lowest BCUT2D eigenvalue weighted by Crippen LogP contribution is -2.42. The lowest BCUT2D eigenvalue weighted by molar-refractivity contribution is -0.137. The van der Waals surface area contributed by atoms with Crippen LogP contribution < -0.4 is 10.6 Å². The van der Waals surface area contributed by atoms with Crippen molar-refractivity contribution >= 4 is 46.7 Å². The molecule has 0 saturated carbocycles. The minimum absolute atomic E-state index is 0.0866. The molecule has 6 nitrogen and oxygen atoms in total. The highest BCUT2D eigenvalue weighted by atomic mass is 35.5. The second kappa shape index (κ2) is 7.81. The van der Waals surface area contributed by atoms with Gasteiger partial charge in [0.2, 0.25) is 5.91 Å². The van der Waals surface area contributed by atoms with Crippen molar-refractivity contribution in [3.8, 4) is 0 Å². The van der Waals surface area contributed by atoms with Crippen LogP contribution in [0.5, 0.6) is 0 Å². The van der Waals surface area contributed by atoms with Crippen LogP contribution in [0, 0.1) is 0 Å². The van der Waals surface area contributed by atoms with Gasteiger partial charge >= 0.3 is 12.2 Å². The number of nitrogens with one attached hydrogen (secondary N) is 2. The maximum atomic E-state index is 12.9. The highest BCUT2D eigenvalue weighted by Crippen LogP contribution is 2.35. The minimum atomic E-state index is -4.50. The predicted molar refractivity (Wildman–Crippen MR) is 104 cm³/mol. The summed E-state index contributed by atoms with van der Waals surface area (Å²) in [7, 11) is 0. The van der Waals surface area contributed by atoms with Gasteiger partial charge in [-0.1, -0.05) is 29.3 Å². The molecule has 2 aromatic carbocycles. The van der Waals surface area contributed by atoms with Crippen LogP contribution in [0.25, 0.3) is 0 Å². The van der Waals surface area contributed by atoms with Crippen LogP contribution in [-0.2, 0) is 21.3 Å². The quantitative estimate of drug-likeness (QED) is 0.664. The molecule has 158 valence electrons. The summed E-state index contributed by atoms with van der Waals surface area (Å²) in [4.78, 5) is 38.1. The van der Waals surface area contributed by atoms with Gasteiger partial charge in [-0.3, -0.25) is 14.5 Å². The molecule has 1 unspecified atom stereocenters. The van der Waals surface area contributed by atoms with Crippen molar-refractivity contribution in [2.75, 3.05) is 11.9 Å². The van der Waals surface area contributed by atoms with E-state index in [1.807, 2.05) is 0 Å². The van der Waals surface area contributed by atoms with Crippen LogP contribution in [-0.4, -0.2) is 29.3 Å². The van der Waals surface area contributed by atoms with E-state index in [1.54, 1.807) is 0 Å². The number of alkyl halides is 3. The lowest BCUT2D eigenvalue weighted by Gasteiger charge is -2.23. The van der Waals surface area contributed by atoms with Crippen molar-refractivity contribution in [2.45, 2.75) is 18.6 Å². The van der Waals surface area contributed by atoms with Crippen LogP contribution >= 0.6 is 23.2 Å². The normalized spacial score (nSPS) is 19.1. The van der Waals surface area contributed by atoms with Crippen LogP contribution in [0.3, 0.4) is 0 Å². The fourth-order valence-corrected chi connectivity index (χ4v) is 3.60.